The molecule has 0 atom stereocenters. The first kappa shape index (κ1) is 12.3. The van der Waals surface area contributed by atoms with Crippen molar-refractivity contribution in [1.29, 1.82) is 0 Å². The van der Waals surface area contributed by atoms with E-state index >= 15 is 0 Å². The molecular weight excluding hydrogens is 252 g/mol. The van der Waals surface area contributed by atoms with Gasteiger partial charge in [0.1, 0.15) is 0 Å². The summed E-state index contributed by atoms with van der Waals surface area (Å²) < 4.78 is 2.63. The number of hydrogen-bond donors (Lipinski definition) is 2. The van der Waals surface area contributed by atoms with Gasteiger partial charge in [-0.1, -0.05) is 26.0 Å². The van der Waals surface area contributed by atoms with E-state index in [4.69, 9.17) is 11.5 Å². The first-order valence-corrected chi connectivity index (χ1v) is 7.49. The molecule has 19 heavy (non-hydrogen) atoms. The van der Waals surface area contributed by atoms with Crippen LogP contribution >= 0.6 is 11.3 Å². The van der Waals surface area contributed by atoms with Crippen LogP contribution in [-0.4, -0.2) is 0 Å². The highest BCUT2D eigenvalue weighted by Crippen LogP contribution is 2.41. The van der Waals surface area contributed by atoms with E-state index in [-0.39, 0.29) is 0 Å². The van der Waals surface area contributed by atoms with Crippen molar-refractivity contribution in [3.05, 3.63) is 35.4 Å². The summed E-state index contributed by atoms with van der Waals surface area (Å²) in [6, 6.07) is 8.32. The van der Waals surface area contributed by atoms with E-state index in [1.54, 1.807) is 0 Å². The summed E-state index contributed by atoms with van der Waals surface area (Å²) in [4.78, 5) is 0. The summed E-state index contributed by atoms with van der Waals surface area (Å²) >= 11 is 1.83. The molecule has 1 aromatic heterocycles. The second-order valence-electron chi connectivity index (χ2n) is 4.83. The number of thiophene rings is 1. The molecule has 0 bridgehead atoms. The molecular formula is C16H18N2S. The van der Waals surface area contributed by atoms with Gasteiger partial charge in [0, 0.05) is 31.5 Å². The molecule has 98 valence electrons. The minimum Gasteiger partial charge on any atom is -0.398 e. The zero-order chi connectivity index (χ0) is 13.6. The van der Waals surface area contributed by atoms with Gasteiger partial charge in [-0.05, 0) is 36.1 Å². The van der Waals surface area contributed by atoms with Crippen LogP contribution < -0.4 is 11.5 Å². The number of rotatable bonds is 2. The Hall–Kier alpha value is -1.74. The van der Waals surface area contributed by atoms with Crippen LogP contribution in [-0.2, 0) is 12.8 Å². The molecule has 0 spiro atoms. The van der Waals surface area contributed by atoms with Crippen LogP contribution in [0.3, 0.4) is 0 Å². The number of benzene rings is 2. The van der Waals surface area contributed by atoms with Crippen molar-refractivity contribution in [1.82, 2.24) is 0 Å². The number of fused-ring (bicyclic) bond motifs is 3. The van der Waals surface area contributed by atoms with E-state index in [1.807, 2.05) is 23.5 Å². The van der Waals surface area contributed by atoms with Crippen molar-refractivity contribution < 1.29 is 0 Å². The Morgan fingerprint density at radius 3 is 1.58 bits per heavy atom. The maximum absolute atomic E-state index is 6.10. The van der Waals surface area contributed by atoms with E-state index in [1.165, 1.54) is 31.3 Å². The molecule has 0 aliphatic carbocycles. The molecule has 0 saturated heterocycles. The van der Waals surface area contributed by atoms with Gasteiger partial charge < -0.3 is 11.5 Å². The summed E-state index contributed by atoms with van der Waals surface area (Å²) in [7, 11) is 0. The summed E-state index contributed by atoms with van der Waals surface area (Å²) in [6.45, 7) is 4.31. The van der Waals surface area contributed by atoms with Crippen molar-refractivity contribution in [2.45, 2.75) is 26.7 Å². The first-order chi connectivity index (χ1) is 9.17. The van der Waals surface area contributed by atoms with E-state index < -0.39 is 0 Å². The number of hydrogen-bond acceptors (Lipinski definition) is 3. The minimum atomic E-state index is 0.896. The number of nitrogen functional groups attached to an aromatic ring is 2. The van der Waals surface area contributed by atoms with Gasteiger partial charge in [-0.15, -0.1) is 11.3 Å². The van der Waals surface area contributed by atoms with Crippen molar-refractivity contribution in [2.75, 3.05) is 11.5 Å². The van der Waals surface area contributed by atoms with Crippen LogP contribution in [0.1, 0.15) is 25.0 Å². The molecule has 0 unspecified atom stereocenters. The Balaban J connectivity index is 2.51. The predicted octanol–water partition coefficient (Wildman–Crippen LogP) is 4.34. The molecule has 2 aromatic carbocycles. The molecule has 1 heterocycles. The largest absolute Gasteiger partial charge is 0.398 e. The van der Waals surface area contributed by atoms with Crippen LogP contribution in [0.15, 0.2) is 24.3 Å². The fourth-order valence-corrected chi connectivity index (χ4v) is 4.33. The van der Waals surface area contributed by atoms with Gasteiger partial charge in [-0.2, -0.15) is 0 Å². The average Bonchev–Trinajstić information content (AvgIpc) is 2.77. The van der Waals surface area contributed by atoms with Gasteiger partial charge in [-0.3, -0.25) is 0 Å². The van der Waals surface area contributed by atoms with Crippen LogP contribution in [0.2, 0.25) is 0 Å². The highest BCUT2D eigenvalue weighted by atomic mass is 32.1. The lowest BCUT2D eigenvalue weighted by Gasteiger charge is -2.04. The third-order valence-electron chi connectivity index (χ3n) is 3.79. The van der Waals surface area contributed by atoms with E-state index in [9.17, 15) is 0 Å². The molecule has 0 radical (unpaired) electrons. The smallest absolute Gasteiger partial charge is 0.0407 e. The summed E-state index contributed by atoms with van der Waals surface area (Å²) in [5.41, 5.74) is 16.5. The fourth-order valence-electron chi connectivity index (χ4n) is 2.77. The van der Waals surface area contributed by atoms with Gasteiger partial charge in [-0.25, -0.2) is 0 Å². The molecule has 3 rings (SSSR count). The van der Waals surface area contributed by atoms with Crippen molar-refractivity contribution in [3.63, 3.8) is 0 Å². The van der Waals surface area contributed by atoms with Gasteiger partial charge in [0.2, 0.25) is 0 Å². The highest BCUT2D eigenvalue weighted by Gasteiger charge is 2.13. The van der Waals surface area contributed by atoms with Crippen molar-refractivity contribution in [3.8, 4) is 0 Å². The van der Waals surface area contributed by atoms with Gasteiger partial charge in [0.15, 0.2) is 0 Å². The fraction of sp³-hybridized carbons (Fsp3) is 0.250. The monoisotopic (exact) mass is 270 g/mol. The first-order valence-electron chi connectivity index (χ1n) is 6.68. The second-order valence-corrected chi connectivity index (χ2v) is 5.85. The Morgan fingerprint density at radius 2 is 1.21 bits per heavy atom. The quantitative estimate of drug-likeness (QED) is 0.680. The second kappa shape index (κ2) is 4.42. The molecule has 0 amide bonds. The molecule has 0 fully saturated rings. The SMILES string of the molecule is CCc1c(N)ccc2c1sc1c(CC)c(N)ccc12. The van der Waals surface area contributed by atoms with Gasteiger partial charge in [0.25, 0.3) is 0 Å². The van der Waals surface area contributed by atoms with Crippen LogP contribution in [0.5, 0.6) is 0 Å². The molecule has 2 nitrogen and oxygen atoms in total. The number of aryl methyl sites for hydroxylation is 2. The average molecular weight is 270 g/mol. The van der Waals surface area contributed by atoms with Crippen LogP contribution in [0, 0.1) is 0 Å². The molecule has 4 N–H and O–H groups in total. The van der Waals surface area contributed by atoms with Crippen LogP contribution in [0.4, 0.5) is 11.4 Å². The van der Waals surface area contributed by atoms with E-state index in [0.29, 0.717) is 0 Å². The lowest BCUT2D eigenvalue weighted by molar-refractivity contribution is 1.17. The zero-order valence-electron chi connectivity index (χ0n) is 11.3. The van der Waals surface area contributed by atoms with E-state index in [2.05, 4.69) is 26.0 Å². The lowest BCUT2D eigenvalue weighted by Crippen LogP contribution is -1.92. The Labute approximate surface area is 117 Å². The molecule has 0 aliphatic rings. The third kappa shape index (κ3) is 1.69. The van der Waals surface area contributed by atoms with Crippen molar-refractivity contribution >= 4 is 42.9 Å². The lowest BCUT2D eigenvalue weighted by atomic mass is 10.0. The topological polar surface area (TPSA) is 52.0 Å². The maximum Gasteiger partial charge on any atom is 0.0407 e. The minimum absolute atomic E-state index is 0.896. The van der Waals surface area contributed by atoms with Crippen molar-refractivity contribution in [2.24, 2.45) is 0 Å². The van der Waals surface area contributed by atoms with Gasteiger partial charge >= 0.3 is 0 Å². The van der Waals surface area contributed by atoms with E-state index in [0.717, 1.165) is 24.2 Å². The number of nitrogens with two attached hydrogens (primary N) is 2. The standard InChI is InChI=1S/C16H18N2S/c1-3-9-13(17)7-5-11-12-6-8-14(18)10(4-2)16(12)19-15(9)11/h5-8H,3-4,17-18H2,1-2H3. The normalized spacial score (nSPS) is 11.5. The summed E-state index contributed by atoms with van der Waals surface area (Å²) in [6.07, 6.45) is 1.93. The number of anilines is 2. The third-order valence-corrected chi connectivity index (χ3v) is 5.14. The molecule has 3 aromatic rings. The molecule has 0 saturated carbocycles. The zero-order valence-corrected chi connectivity index (χ0v) is 12.1. The Kier molecular flexibility index (Phi) is 2.86. The summed E-state index contributed by atoms with van der Waals surface area (Å²) in [5.74, 6) is 0. The Bertz CT molecular complexity index is 707. The predicted molar refractivity (Wildman–Crippen MR) is 86.9 cm³/mol. The van der Waals surface area contributed by atoms with Gasteiger partial charge in [0.05, 0.1) is 0 Å². The summed E-state index contributed by atoms with van der Waals surface area (Å²) in [5, 5.41) is 2.61. The highest BCUT2D eigenvalue weighted by molar-refractivity contribution is 7.26. The molecule has 0 aliphatic heterocycles. The molecule has 3 heteroatoms. The van der Waals surface area contributed by atoms with Crippen LogP contribution in [0.25, 0.3) is 20.2 Å². The Morgan fingerprint density at radius 1 is 0.789 bits per heavy atom. The maximum atomic E-state index is 6.10.